The maximum Gasteiger partial charge on any atom is 0.244 e. The number of nitrogens with one attached hydrogen (secondary N) is 1. The van der Waals surface area contributed by atoms with E-state index in [2.05, 4.69) is 19.2 Å². The first-order chi connectivity index (χ1) is 9.94. The second-order valence-electron chi connectivity index (χ2n) is 6.44. The molecule has 1 fully saturated rings. The fourth-order valence-electron chi connectivity index (χ4n) is 2.55. The van der Waals surface area contributed by atoms with Gasteiger partial charge < -0.3 is 9.64 Å². The van der Waals surface area contributed by atoms with E-state index in [9.17, 15) is 4.79 Å². The van der Waals surface area contributed by atoms with Crippen LogP contribution in [-0.4, -0.2) is 36.5 Å². The zero-order valence-corrected chi connectivity index (χ0v) is 13.5. The predicted octanol–water partition coefficient (Wildman–Crippen LogP) is 2.43. The SMILES string of the molecule is COc1ccc(CN[C@]2(C)CN(CCC(C)C)C2=O)cc1. The molecule has 1 saturated heterocycles. The lowest BCUT2D eigenvalue weighted by atomic mass is 9.89. The maximum absolute atomic E-state index is 12.3. The molecule has 0 unspecified atom stereocenters. The highest BCUT2D eigenvalue weighted by molar-refractivity contribution is 5.92. The molecule has 1 heterocycles. The summed E-state index contributed by atoms with van der Waals surface area (Å²) in [6.07, 6.45) is 1.07. The fourth-order valence-corrected chi connectivity index (χ4v) is 2.55. The topological polar surface area (TPSA) is 41.6 Å². The molecular weight excluding hydrogens is 264 g/mol. The number of benzene rings is 1. The van der Waals surface area contributed by atoms with Gasteiger partial charge >= 0.3 is 0 Å². The van der Waals surface area contributed by atoms with Crippen LogP contribution in [0.15, 0.2) is 24.3 Å². The van der Waals surface area contributed by atoms with Gasteiger partial charge in [0, 0.05) is 19.6 Å². The van der Waals surface area contributed by atoms with Crippen LogP contribution >= 0.6 is 0 Å². The Hall–Kier alpha value is -1.55. The van der Waals surface area contributed by atoms with Crippen molar-refractivity contribution in [2.24, 2.45) is 5.92 Å². The number of hydrogen-bond donors (Lipinski definition) is 1. The molecule has 1 amide bonds. The number of hydrogen-bond acceptors (Lipinski definition) is 3. The van der Waals surface area contributed by atoms with Crippen LogP contribution in [-0.2, 0) is 11.3 Å². The van der Waals surface area contributed by atoms with Crippen molar-refractivity contribution in [3.63, 3.8) is 0 Å². The van der Waals surface area contributed by atoms with Gasteiger partial charge in [0.1, 0.15) is 11.3 Å². The molecule has 2 rings (SSSR count). The molecular formula is C17H26N2O2. The number of nitrogens with zero attached hydrogens (tertiary/aromatic N) is 1. The van der Waals surface area contributed by atoms with E-state index in [4.69, 9.17) is 4.74 Å². The summed E-state index contributed by atoms with van der Waals surface area (Å²) in [5, 5.41) is 3.38. The first kappa shape index (κ1) is 15.8. The second kappa shape index (κ2) is 6.48. The van der Waals surface area contributed by atoms with Gasteiger partial charge in [-0.1, -0.05) is 26.0 Å². The van der Waals surface area contributed by atoms with E-state index in [-0.39, 0.29) is 5.91 Å². The Morgan fingerprint density at radius 3 is 2.52 bits per heavy atom. The van der Waals surface area contributed by atoms with Gasteiger partial charge in [-0.15, -0.1) is 0 Å². The number of rotatable bonds is 7. The van der Waals surface area contributed by atoms with Gasteiger partial charge in [-0.05, 0) is 37.0 Å². The molecule has 116 valence electrons. The zero-order valence-electron chi connectivity index (χ0n) is 13.5. The Labute approximate surface area is 127 Å². The van der Waals surface area contributed by atoms with Crippen molar-refractivity contribution in [2.75, 3.05) is 20.2 Å². The summed E-state index contributed by atoms with van der Waals surface area (Å²) in [4.78, 5) is 14.2. The van der Waals surface area contributed by atoms with Crippen LogP contribution in [0.25, 0.3) is 0 Å². The Morgan fingerprint density at radius 1 is 1.33 bits per heavy atom. The van der Waals surface area contributed by atoms with Crippen molar-refractivity contribution in [1.29, 1.82) is 0 Å². The summed E-state index contributed by atoms with van der Waals surface area (Å²) in [5.41, 5.74) is 0.752. The van der Waals surface area contributed by atoms with Crippen LogP contribution in [0.3, 0.4) is 0 Å². The van der Waals surface area contributed by atoms with Gasteiger partial charge in [-0.3, -0.25) is 10.1 Å². The van der Waals surface area contributed by atoms with E-state index in [0.717, 1.165) is 30.8 Å². The number of β-lactam (4-membered cyclic amide) rings is 1. The molecule has 0 aromatic heterocycles. The molecule has 1 aliphatic rings. The molecule has 0 saturated carbocycles. The fraction of sp³-hybridized carbons (Fsp3) is 0.588. The van der Waals surface area contributed by atoms with Gasteiger partial charge in [-0.2, -0.15) is 0 Å². The first-order valence-electron chi connectivity index (χ1n) is 7.62. The van der Waals surface area contributed by atoms with Crippen LogP contribution in [0.4, 0.5) is 0 Å². The molecule has 4 nitrogen and oxygen atoms in total. The van der Waals surface area contributed by atoms with Gasteiger partial charge in [0.2, 0.25) is 5.91 Å². The number of carbonyl (C=O) groups excluding carboxylic acids is 1. The number of amides is 1. The minimum atomic E-state index is -0.406. The third kappa shape index (κ3) is 3.76. The van der Waals surface area contributed by atoms with Gasteiger partial charge in [0.25, 0.3) is 0 Å². The molecule has 1 atom stereocenters. The van der Waals surface area contributed by atoms with Gasteiger partial charge in [0.05, 0.1) is 7.11 Å². The standard InChI is InChI=1S/C17H26N2O2/c1-13(2)9-10-19-12-17(3,16(19)20)18-11-14-5-7-15(21-4)8-6-14/h5-8,13,18H,9-12H2,1-4H3/t17-/m1/s1. The monoisotopic (exact) mass is 290 g/mol. The lowest BCUT2D eigenvalue weighted by molar-refractivity contribution is -0.152. The molecule has 1 aromatic carbocycles. The van der Waals surface area contributed by atoms with E-state index < -0.39 is 5.54 Å². The smallest absolute Gasteiger partial charge is 0.244 e. The average molecular weight is 290 g/mol. The van der Waals surface area contributed by atoms with Crippen molar-refractivity contribution in [1.82, 2.24) is 10.2 Å². The van der Waals surface area contributed by atoms with Crippen LogP contribution in [0.1, 0.15) is 32.8 Å². The maximum atomic E-state index is 12.3. The van der Waals surface area contributed by atoms with Crippen LogP contribution in [0.5, 0.6) is 5.75 Å². The Morgan fingerprint density at radius 2 is 2.00 bits per heavy atom. The zero-order chi connectivity index (χ0) is 15.5. The molecule has 0 spiro atoms. The van der Waals surface area contributed by atoms with Crippen molar-refractivity contribution < 1.29 is 9.53 Å². The van der Waals surface area contributed by atoms with Gasteiger partial charge in [0.15, 0.2) is 0 Å². The molecule has 4 heteroatoms. The molecule has 1 aromatic rings. The summed E-state index contributed by atoms with van der Waals surface area (Å²) in [7, 11) is 1.66. The van der Waals surface area contributed by atoms with E-state index in [1.807, 2.05) is 36.1 Å². The highest BCUT2D eigenvalue weighted by Gasteiger charge is 2.47. The molecule has 0 bridgehead atoms. The van der Waals surface area contributed by atoms with Crippen molar-refractivity contribution in [3.8, 4) is 5.75 Å². The van der Waals surface area contributed by atoms with Crippen molar-refractivity contribution in [3.05, 3.63) is 29.8 Å². The average Bonchev–Trinajstić information content (AvgIpc) is 2.49. The van der Waals surface area contributed by atoms with Crippen LogP contribution < -0.4 is 10.1 Å². The second-order valence-corrected chi connectivity index (χ2v) is 6.44. The van der Waals surface area contributed by atoms with Crippen molar-refractivity contribution in [2.45, 2.75) is 39.3 Å². The van der Waals surface area contributed by atoms with Crippen molar-refractivity contribution >= 4 is 5.91 Å². The van der Waals surface area contributed by atoms with E-state index in [1.54, 1.807) is 7.11 Å². The third-order valence-corrected chi connectivity index (χ3v) is 4.08. The highest BCUT2D eigenvalue weighted by Crippen LogP contribution is 2.24. The molecule has 1 aliphatic heterocycles. The Kier molecular flexibility index (Phi) is 4.88. The van der Waals surface area contributed by atoms with E-state index in [1.165, 1.54) is 0 Å². The summed E-state index contributed by atoms with van der Waals surface area (Å²) in [5.74, 6) is 1.71. The third-order valence-electron chi connectivity index (χ3n) is 4.08. The summed E-state index contributed by atoms with van der Waals surface area (Å²) in [6, 6.07) is 7.93. The lowest BCUT2D eigenvalue weighted by Crippen LogP contribution is -2.71. The first-order valence-corrected chi connectivity index (χ1v) is 7.62. The largest absolute Gasteiger partial charge is 0.497 e. The normalized spacial score (nSPS) is 21.6. The highest BCUT2D eigenvalue weighted by atomic mass is 16.5. The summed E-state index contributed by atoms with van der Waals surface area (Å²) >= 11 is 0. The summed E-state index contributed by atoms with van der Waals surface area (Å²) in [6.45, 7) is 8.73. The van der Waals surface area contributed by atoms with Gasteiger partial charge in [-0.25, -0.2) is 0 Å². The molecule has 1 N–H and O–H groups in total. The molecule has 0 radical (unpaired) electrons. The minimum Gasteiger partial charge on any atom is -0.497 e. The summed E-state index contributed by atoms with van der Waals surface area (Å²) < 4.78 is 5.14. The quantitative estimate of drug-likeness (QED) is 0.784. The lowest BCUT2D eigenvalue weighted by Gasteiger charge is -2.47. The Balaban J connectivity index is 1.81. The minimum absolute atomic E-state index is 0.219. The van der Waals surface area contributed by atoms with Crippen LogP contribution in [0, 0.1) is 5.92 Å². The number of methoxy groups -OCH3 is 1. The Bertz CT molecular complexity index is 484. The number of ether oxygens (including phenoxy) is 1. The van der Waals surface area contributed by atoms with Crippen LogP contribution in [0.2, 0.25) is 0 Å². The van der Waals surface area contributed by atoms with E-state index >= 15 is 0 Å². The molecule has 0 aliphatic carbocycles. The predicted molar refractivity (Wildman–Crippen MR) is 84.3 cm³/mol. The number of likely N-dealkylation sites (tertiary alicyclic amines) is 1. The number of carbonyl (C=O) groups is 1. The molecule has 21 heavy (non-hydrogen) atoms. The van der Waals surface area contributed by atoms with E-state index in [0.29, 0.717) is 12.5 Å².